The van der Waals surface area contributed by atoms with E-state index in [0.29, 0.717) is 24.0 Å². The standard InChI is InChI=1S/C28H38O5/c1-27(2,19-29)17-7-5-9-20-11-13-22(24(20)30)15-16-23-14-12-21(25(23)31)10-6-8-18-28(3,4)26(32)33/h11-16,29H,5-10,17-19H2,1-4H3,(H,32,33)/b16-15+. The maximum atomic E-state index is 12.6. The lowest BCUT2D eigenvalue weighted by atomic mass is 9.86. The number of rotatable bonds is 14. The fourth-order valence-electron chi connectivity index (χ4n) is 3.88. The minimum Gasteiger partial charge on any atom is -0.481 e. The zero-order valence-corrected chi connectivity index (χ0v) is 20.4. The van der Waals surface area contributed by atoms with Gasteiger partial charge in [-0.05, 0) is 57.8 Å². The van der Waals surface area contributed by atoms with Crippen LogP contribution in [0.3, 0.4) is 0 Å². The van der Waals surface area contributed by atoms with Crippen LogP contribution in [0.1, 0.15) is 79.1 Å². The number of carbonyl (C=O) groups is 3. The van der Waals surface area contributed by atoms with Gasteiger partial charge < -0.3 is 10.2 Å². The molecule has 0 atom stereocenters. The molecule has 33 heavy (non-hydrogen) atoms. The molecule has 2 rings (SSSR count). The Balaban J connectivity index is 1.74. The van der Waals surface area contributed by atoms with Gasteiger partial charge in [0.15, 0.2) is 11.6 Å². The van der Waals surface area contributed by atoms with Crippen LogP contribution in [-0.2, 0) is 14.4 Å². The number of ketones is 2. The topological polar surface area (TPSA) is 91.7 Å². The van der Waals surface area contributed by atoms with E-state index in [2.05, 4.69) is 0 Å². The minimum atomic E-state index is -0.799. The molecule has 180 valence electrons. The summed E-state index contributed by atoms with van der Waals surface area (Å²) in [4.78, 5) is 36.4. The van der Waals surface area contributed by atoms with E-state index in [0.717, 1.165) is 49.7 Å². The van der Waals surface area contributed by atoms with Gasteiger partial charge in [0.05, 0.1) is 5.41 Å². The summed E-state index contributed by atoms with van der Waals surface area (Å²) in [5.41, 5.74) is 1.88. The van der Waals surface area contributed by atoms with Crippen LogP contribution in [0.15, 0.2) is 58.7 Å². The van der Waals surface area contributed by atoms with Crippen LogP contribution in [0, 0.1) is 10.8 Å². The maximum absolute atomic E-state index is 12.6. The van der Waals surface area contributed by atoms with E-state index in [1.807, 2.05) is 32.1 Å². The summed E-state index contributed by atoms with van der Waals surface area (Å²) in [7, 11) is 0. The van der Waals surface area contributed by atoms with Crippen molar-refractivity contribution in [1.29, 1.82) is 0 Å². The molecule has 2 N–H and O–H groups in total. The highest BCUT2D eigenvalue weighted by atomic mass is 16.4. The Morgan fingerprint density at radius 3 is 1.67 bits per heavy atom. The van der Waals surface area contributed by atoms with Gasteiger partial charge in [-0.15, -0.1) is 0 Å². The van der Waals surface area contributed by atoms with Crippen LogP contribution in [0.2, 0.25) is 0 Å². The number of carbonyl (C=O) groups excluding carboxylic acids is 2. The molecule has 0 fully saturated rings. The van der Waals surface area contributed by atoms with E-state index in [-0.39, 0.29) is 23.6 Å². The number of aliphatic carboxylic acids is 1. The van der Waals surface area contributed by atoms with E-state index in [4.69, 9.17) is 0 Å². The molecule has 0 aromatic heterocycles. The molecule has 0 saturated carbocycles. The lowest BCUT2D eigenvalue weighted by Crippen LogP contribution is -2.23. The number of aliphatic hydroxyl groups excluding tert-OH is 1. The summed E-state index contributed by atoms with van der Waals surface area (Å²) in [5, 5.41) is 18.5. The Morgan fingerprint density at radius 2 is 1.24 bits per heavy atom. The van der Waals surface area contributed by atoms with Crippen LogP contribution in [0.5, 0.6) is 0 Å². The van der Waals surface area contributed by atoms with Crippen molar-refractivity contribution in [3.8, 4) is 0 Å². The summed E-state index contributed by atoms with van der Waals surface area (Å²) < 4.78 is 0. The Bertz CT molecular complexity index is 922. The average Bonchev–Trinajstić information content (AvgIpc) is 3.29. The van der Waals surface area contributed by atoms with Crippen molar-refractivity contribution in [3.63, 3.8) is 0 Å². The zero-order valence-electron chi connectivity index (χ0n) is 20.4. The second-order valence-corrected chi connectivity index (χ2v) is 10.5. The van der Waals surface area contributed by atoms with Crippen molar-refractivity contribution in [3.05, 3.63) is 58.7 Å². The van der Waals surface area contributed by atoms with E-state index < -0.39 is 11.4 Å². The first-order valence-corrected chi connectivity index (χ1v) is 11.9. The molecule has 2 aliphatic carbocycles. The molecule has 0 unspecified atom stereocenters. The first kappa shape index (κ1) is 26.7. The van der Waals surface area contributed by atoms with Gasteiger partial charge in [0, 0.05) is 28.9 Å². The van der Waals surface area contributed by atoms with Gasteiger partial charge in [-0.1, -0.05) is 63.1 Å². The Labute approximate surface area is 197 Å². The fraction of sp³-hybridized carbons (Fsp3) is 0.536. The van der Waals surface area contributed by atoms with E-state index in [1.165, 1.54) is 0 Å². The highest BCUT2D eigenvalue weighted by Crippen LogP contribution is 2.28. The molecule has 0 aromatic carbocycles. The maximum Gasteiger partial charge on any atom is 0.309 e. The summed E-state index contributed by atoms with van der Waals surface area (Å²) in [6, 6.07) is 0. The third-order valence-corrected chi connectivity index (χ3v) is 6.53. The largest absolute Gasteiger partial charge is 0.481 e. The number of unbranched alkanes of at least 4 members (excludes halogenated alkanes) is 2. The van der Waals surface area contributed by atoms with Gasteiger partial charge >= 0.3 is 5.97 Å². The summed E-state index contributed by atoms with van der Waals surface area (Å²) in [5.74, 6) is -0.797. The molecule has 0 amide bonds. The number of aliphatic hydroxyl groups is 1. The summed E-state index contributed by atoms with van der Waals surface area (Å²) in [6.07, 6.45) is 17.0. The van der Waals surface area contributed by atoms with Gasteiger partial charge in [-0.2, -0.15) is 0 Å². The molecule has 5 heteroatoms. The van der Waals surface area contributed by atoms with E-state index in [9.17, 15) is 24.6 Å². The number of carboxylic acids is 1. The first-order valence-electron chi connectivity index (χ1n) is 11.9. The fourth-order valence-corrected chi connectivity index (χ4v) is 3.88. The SMILES string of the molecule is CC(C)(CO)CCCCC1=CC=C(/C=C/C2=CC=C(CCCCC(C)(C)C(=O)O)C2=O)C1=O. The van der Waals surface area contributed by atoms with Crippen LogP contribution in [0.25, 0.3) is 0 Å². The molecule has 0 heterocycles. The van der Waals surface area contributed by atoms with Crippen LogP contribution < -0.4 is 0 Å². The molecular formula is C28H38O5. The van der Waals surface area contributed by atoms with Crippen molar-refractivity contribution in [2.24, 2.45) is 10.8 Å². The predicted molar refractivity (Wildman–Crippen MR) is 131 cm³/mol. The summed E-state index contributed by atoms with van der Waals surface area (Å²) >= 11 is 0. The summed E-state index contributed by atoms with van der Waals surface area (Å²) in [6.45, 7) is 7.68. The average molecular weight is 455 g/mol. The highest BCUT2D eigenvalue weighted by Gasteiger charge is 2.26. The van der Waals surface area contributed by atoms with Crippen molar-refractivity contribution >= 4 is 17.5 Å². The van der Waals surface area contributed by atoms with Crippen LogP contribution in [0.4, 0.5) is 0 Å². The third-order valence-electron chi connectivity index (χ3n) is 6.53. The molecule has 0 aliphatic heterocycles. The Kier molecular flexibility index (Phi) is 9.35. The molecular weight excluding hydrogens is 416 g/mol. The van der Waals surface area contributed by atoms with Gasteiger partial charge in [0.2, 0.25) is 0 Å². The molecule has 5 nitrogen and oxygen atoms in total. The first-order chi connectivity index (χ1) is 15.5. The van der Waals surface area contributed by atoms with Crippen molar-refractivity contribution in [2.45, 2.75) is 79.1 Å². The normalized spacial score (nSPS) is 16.9. The van der Waals surface area contributed by atoms with Crippen molar-refractivity contribution in [2.75, 3.05) is 6.61 Å². The van der Waals surface area contributed by atoms with Gasteiger partial charge in [-0.3, -0.25) is 14.4 Å². The molecule has 0 saturated heterocycles. The lowest BCUT2D eigenvalue weighted by molar-refractivity contribution is -0.147. The predicted octanol–water partition coefficient (Wildman–Crippen LogP) is 5.66. The number of hydrogen-bond donors (Lipinski definition) is 2. The van der Waals surface area contributed by atoms with Gasteiger partial charge in [0.1, 0.15) is 0 Å². The van der Waals surface area contributed by atoms with E-state index in [1.54, 1.807) is 32.1 Å². The van der Waals surface area contributed by atoms with Crippen molar-refractivity contribution < 1.29 is 24.6 Å². The van der Waals surface area contributed by atoms with Crippen molar-refractivity contribution in [1.82, 2.24) is 0 Å². The third kappa shape index (κ3) is 7.78. The molecule has 0 spiro atoms. The minimum absolute atomic E-state index is 0.0190. The quantitative estimate of drug-likeness (QED) is 0.330. The Hall–Kier alpha value is -2.53. The monoisotopic (exact) mass is 454 g/mol. The van der Waals surface area contributed by atoms with Crippen LogP contribution in [-0.4, -0.2) is 34.4 Å². The molecule has 2 aliphatic rings. The number of allylic oxidation sites excluding steroid dienone is 10. The highest BCUT2D eigenvalue weighted by molar-refractivity contribution is 6.15. The second kappa shape index (κ2) is 11.6. The number of hydrogen-bond acceptors (Lipinski definition) is 4. The zero-order chi connectivity index (χ0) is 24.6. The lowest BCUT2D eigenvalue weighted by Gasteiger charge is -2.21. The molecule has 0 bridgehead atoms. The Morgan fingerprint density at radius 1 is 0.788 bits per heavy atom. The van der Waals surface area contributed by atoms with Gasteiger partial charge in [-0.25, -0.2) is 0 Å². The van der Waals surface area contributed by atoms with E-state index >= 15 is 0 Å². The molecule has 0 aromatic rings. The number of carboxylic acid groups (broad SMARTS) is 1. The molecule has 0 radical (unpaired) electrons. The van der Waals surface area contributed by atoms with Gasteiger partial charge in [0.25, 0.3) is 0 Å². The smallest absolute Gasteiger partial charge is 0.309 e. The number of Topliss-reactive ketones (excluding diaryl/α,β-unsaturated/α-hetero) is 2. The van der Waals surface area contributed by atoms with Crippen LogP contribution >= 0.6 is 0 Å². The second-order valence-electron chi connectivity index (χ2n) is 10.5.